The van der Waals surface area contributed by atoms with Crippen LogP contribution >= 0.6 is 0 Å². The Hall–Kier alpha value is -2.78. The Morgan fingerprint density at radius 2 is 1.83 bits per heavy atom. The van der Waals surface area contributed by atoms with Crippen molar-refractivity contribution >= 4 is 22.9 Å². The van der Waals surface area contributed by atoms with Crippen LogP contribution in [-0.4, -0.2) is 63.6 Å². The summed E-state index contributed by atoms with van der Waals surface area (Å²) in [7, 11) is 0. The van der Waals surface area contributed by atoms with Crippen LogP contribution in [0, 0.1) is 5.82 Å². The van der Waals surface area contributed by atoms with Crippen molar-refractivity contribution in [3.63, 3.8) is 0 Å². The van der Waals surface area contributed by atoms with E-state index < -0.39 is 11.9 Å². The predicted octanol–water partition coefficient (Wildman–Crippen LogP) is 2.63. The molecule has 0 saturated carbocycles. The Bertz CT molecular complexity index is 827. The predicted molar refractivity (Wildman–Crippen MR) is 103 cm³/mol. The number of aromatic nitrogens is 1. The minimum absolute atomic E-state index is 0.276. The molecule has 0 bridgehead atoms. The average Bonchev–Trinajstić information content (AvgIpc) is 3.10. The summed E-state index contributed by atoms with van der Waals surface area (Å²) >= 11 is 0. The number of aliphatic hydroxyl groups is 1. The Morgan fingerprint density at radius 3 is 2.41 bits per heavy atom. The molecule has 0 radical (unpaired) electrons. The van der Waals surface area contributed by atoms with Crippen LogP contribution in [0.15, 0.2) is 34.9 Å². The molecule has 9 heteroatoms. The fourth-order valence-electron chi connectivity index (χ4n) is 3.25. The third-order valence-electron chi connectivity index (χ3n) is 4.69. The van der Waals surface area contributed by atoms with Gasteiger partial charge in [-0.3, -0.25) is 0 Å². The number of carboxylic acids is 2. The number of halogens is 1. The van der Waals surface area contributed by atoms with Gasteiger partial charge in [0.25, 0.3) is 0 Å². The van der Waals surface area contributed by atoms with Gasteiger partial charge in [0.05, 0.1) is 5.69 Å². The molecular formula is C20H25FN2O6. The third-order valence-corrected chi connectivity index (χ3v) is 4.69. The van der Waals surface area contributed by atoms with Gasteiger partial charge in [0.2, 0.25) is 0 Å². The fourth-order valence-corrected chi connectivity index (χ4v) is 3.25. The van der Waals surface area contributed by atoms with E-state index in [1.54, 1.807) is 6.07 Å². The number of hydrogen-bond acceptors (Lipinski definition) is 6. The van der Waals surface area contributed by atoms with E-state index >= 15 is 0 Å². The molecule has 3 N–H and O–H groups in total. The van der Waals surface area contributed by atoms with Gasteiger partial charge in [-0.05, 0) is 57.5 Å². The van der Waals surface area contributed by atoms with Crippen LogP contribution in [0.5, 0.6) is 0 Å². The molecule has 0 spiro atoms. The van der Waals surface area contributed by atoms with Gasteiger partial charge in [-0.15, -0.1) is 0 Å². The van der Waals surface area contributed by atoms with Crippen LogP contribution in [-0.2, 0) is 9.59 Å². The molecule has 0 aliphatic carbocycles. The van der Waals surface area contributed by atoms with Crippen molar-refractivity contribution < 1.29 is 33.8 Å². The van der Waals surface area contributed by atoms with Gasteiger partial charge in [-0.1, -0.05) is 5.16 Å². The number of rotatable bonds is 7. The first kappa shape index (κ1) is 22.5. The number of hydrogen-bond donors (Lipinski definition) is 3. The Kier molecular flexibility index (Phi) is 8.75. The number of carboxylic acid groups (broad SMARTS) is 2. The summed E-state index contributed by atoms with van der Waals surface area (Å²) in [4.78, 5) is 21.5. The lowest BCUT2D eigenvalue weighted by molar-refractivity contribution is -0.134. The van der Waals surface area contributed by atoms with Crippen molar-refractivity contribution in [1.29, 1.82) is 0 Å². The zero-order valence-electron chi connectivity index (χ0n) is 16.0. The number of nitrogens with zero attached hydrogens (tertiary/aromatic N) is 2. The fraction of sp³-hybridized carbons (Fsp3) is 0.450. The summed E-state index contributed by atoms with van der Waals surface area (Å²) in [6, 6.07) is 4.63. The normalized spacial score (nSPS) is 15.4. The zero-order valence-corrected chi connectivity index (χ0v) is 16.0. The second kappa shape index (κ2) is 11.3. The minimum atomic E-state index is -1.26. The van der Waals surface area contributed by atoms with E-state index in [-0.39, 0.29) is 12.4 Å². The van der Waals surface area contributed by atoms with Crippen LogP contribution < -0.4 is 0 Å². The van der Waals surface area contributed by atoms with Crippen molar-refractivity contribution in [2.24, 2.45) is 0 Å². The summed E-state index contributed by atoms with van der Waals surface area (Å²) in [6.45, 7) is 3.42. The highest BCUT2D eigenvalue weighted by atomic mass is 19.1. The first-order valence-electron chi connectivity index (χ1n) is 9.42. The maximum atomic E-state index is 13.2. The highest BCUT2D eigenvalue weighted by Crippen LogP contribution is 2.32. The molecule has 1 aliphatic heterocycles. The SMILES string of the molecule is O=C(O)/C=C/C(=O)O.OCCCCN1CCC(c2noc3cc(F)ccc23)CC1. The van der Waals surface area contributed by atoms with Crippen LogP contribution in [0.25, 0.3) is 11.0 Å². The van der Waals surface area contributed by atoms with Crippen molar-refractivity contribution in [2.45, 2.75) is 31.6 Å². The van der Waals surface area contributed by atoms with E-state index in [9.17, 15) is 14.0 Å². The summed E-state index contributed by atoms with van der Waals surface area (Å²) in [6.07, 6.45) is 5.15. The molecule has 1 aliphatic rings. The standard InChI is InChI=1S/C16H21FN2O2.C4H4O4/c17-13-3-4-14-15(11-13)21-18-16(14)12-5-8-19(9-6-12)7-1-2-10-20;5-3(6)1-2-4(7)8/h3-4,11-12,20H,1-2,5-10H2;1-2H,(H,5,6)(H,7,8)/b;2-1+. The largest absolute Gasteiger partial charge is 0.478 e. The van der Waals surface area contributed by atoms with Gasteiger partial charge in [-0.25, -0.2) is 14.0 Å². The van der Waals surface area contributed by atoms with Gasteiger partial charge < -0.3 is 24.7 Å². The average molecular weight is 408 g/mol. The van der Waals surface area contributed by atoms with Gasteiger partial charge >= 0.3 is 11.9 Å². The summed E-state index contributed by atoms with van der Waals surface area (Å²) in [5, 5.41) is 29.6. The molecule has 3 rings (SSSR count). The quantitative estimate of drug-likeness (QED) is 0.472. The van der Waals surface area contributed by atoms with E-state index in [0.717, 1.165) is 56.4 Å². The van der Waals surface area contributed by atoms with Crippen molar-refractivity contribution in [3.8, 4) is 0 Å². The number of piperidine rings is 1. The van der Waals surface area contributed by atoms with E-state index in [1.807, 2.05) is 0 Å². The molecule has 2 heterocycles. The molecule has 1 aromatic heterocycles. The molecule has 1 saturated heterocycles. The molecule has 1 aromatic carbocycles. The minimum Gasteiger partial charge on any atom is -0.478 e. The molecule has 0 unspecified atom stereocenters. The smallest absolute Gasteiger partial charge is 0.328 e. The molecule has 0 atom stereocenters. The number of aliphatic carboxylic acids is 2. The second-order valence-corrected chi connectivity index (χ2v) is 6.76. The van der Waals surface area contributed by atoms with Crippen molar-refractivity contribution in [2.75, 3.05) is 26.2 Å². The number of likely N-dealkylation sites (tertiary alicyclic amines) is 1. The van der Waals surface area contributed by atoms with Crippen molar-refractivity contribution in [3.05, 3.63) is 41.9 Å². The van der Waals surface area contributed by atoms with Gasteiger partial charge in [0.15, 0.2) is 5.58 Å². The summed E-state index contributed by atoms with van der Waals surface area (Å²) < 4.78 is 18.4. The molecule has 158 valence electrons. The molecule has 2 aromatic rings. The van der Waals surface area contributed by atoms with Crippen LogP contribution in [0.4, 0.5) is 4.39 Å². The van der Waals surface area contributed by atoms with Gasteiger partial charge in [0, 0.05) is 36.1 Å². The van der Waals surface area contributed by atoms with Gasteiger partial charge in [-0.2, -0.15) is 0 Å². The van der Waals surface area contributed by atoms with Crippen LogP contribution in [0.3, 0.4) is 0 Å². The highest BCUT2D eigenvalue weighted by Gasteiger charge is 2.24. The van der Waals surface area contributed by atoms with Crippen molar-refractivity contribution in [1.82, 2.24) is 10.1 Å². The van der Waals surface area contributed by atoms with E-state index in [0.29, 0.717) is 23.7 Å². The number of unbranched alkanes of at least 4 members (excludes halogenated alkanes) is 1. The lowest BCUT2D eigenvalue weighted by atomic mass is 9.91. The molecule has 8 nitrogen and oxygen atoms in total. The highest BCUT2D eigenvalue weighted by molar-refractivity contribution is 5.89. The Balaban J connectivity index is 0.000000321. The zero-order chi connectivity index (χ0) is 21.2. The van der Waals surface area contributed by atoms with Crippen LogP contribution in [0.1, 0.15) is 37.3 Å². The number of aliphatic hydroxyl groups excluding tert-OH is 1. The maximum absolute atomic E-state index is 13.2. The Morgan fingerprint density at radius 1 is 1.17 bits per heavy atom. The van der Waals surface area contributed by atoms with E-state index in [1.165, 1.54) is 12.1 Å². The number of carbonyl (C=O) groups is 2. The molecular weight excluding hydrogens is 383 g/mol. The molecule has 29 heavy (non-hydrogen) atoms. The molecule has 0 amide bonds. The molecule has 1 fully saturated rings. The maximum Gasteiger partial charge on any atom is 0.328 e. The second-order valence-electron chi connectivity index (χ2n) is 6.76. The van der Waals surface area contributed by atoms with E-state index in [2.05, 4.69) is 10.1 Å². The first-order chi connectivity index (χ1) is 13.9. The summed E-state index contributed by atoms with van der Waals surface area (Å²) in [5.74, 6) is -2.41. The third kappa shape index (κ3) is 7.28. The number of fused-ring (bicyclic) bond motifs is 1. The summed E-state index contributed by atoms with van der Waals surface area (Å²) in [5.41, 5.74) is 1.51. The monoisotopic (exact) mass is 408 g/mol. The van der Waals surface area contributed by atoms with E-state index in [4.69, 9.17) is 19.8 Å². The lowest BCUT2D eigenvalue weighted by Gasteiger charge is -2.31. The lowest BCUT2D eigenvalue weighted by Crippen LogP contribution is -2.33. The van der Waals surface area contributed by atoms with Crippen LogP contribution in [0.2, 0.25) is 0 Å². The Labute approximate surface area is 167 Å². The number of benzene rings is 1. The first-order valence-corrected chi connectivity index (χ1v) is 9.42. The topological polar surface area (TPSA) is 124 Å². The van der Waals surface area contributed by atoms with Gasteiger partial charge in [0.1, 0.15) is 5.82 Å².